The zero-order valence-corrected chi connectivity index (χ0v) is 17.3. The van der Waals surface area contributed by atoms with E-state index in [1.807, 2.05) is 60.7 Å². The number of amides is 1. The van der Waals surface area contributed by atoms with Crippen LogP contribution in [0.25, 0.3) is 11.1 Å². The van der Waals surface area contributed by atoms with Gasteiger partial charge in [-0.15, -0.1) is 0 Å². The number of nitrogens with zero attached hydrogens (tertiary/aromatic N) is 2. The SMILES string of the molecule is C=CC(=O)NC1C=CC=C(Oc2ncnc(N)c2-c2ccc(OC3=CC=CCN3)cc2)C1. The molecule has 1 aliphatic carbocycles. The highest BCUT2D eigenvalue weighted by Gasteiger charge is 2.19. The average molecular weight is 429 g/mol. The second-order valence-corrected chi connectivity index (χ2v) is 7.05. The molecule has 4 rings (SSSR count). The number of nitrogens with two attached hydrogens (primary N) is 1. The van der Waals surface area contributed by atoms with Gasteiger partial charge in [0.2, 0.25) is 11.8 Å². The van der Waals surface area contributed by atoms with Gasteiger partial charge in [0.15, 0.2) is 5.88 Å². The molecule has 0 saturated heterocycles. The largest absolute Gasteiger partial charge is 0.442 e. The molecular weight excluding hydrogens is 406 g/mol. The van der Waals surface area contributed by atoms with Gasteiger partial charge in [0.1, 0.15) is 23.7 Å². The van der Waals surface area contributed by atoms with E-state index in [4.69, 9.17) is 15.2 Å². The predicted molar refractivity (Wildman–Crippen MR) is 122 cm³/mol. The number of rotatable bonds is 7. The van der Waals surface area contributed by atoms with Crippen molar-refractivity contribution < 1.29 is 14.3 Å². The van der Waals surface area contributed by atoms with Gasteiger partial charge in [-0.25, -0.2) is 9.97 Å². The molecule has 2 aliphatic rings. The molecule has 2 aromatic rings. The van der Waals surface area contributed by atoms with Crippen LogP contribution in [-0.4, -0.2) is 28.5 Å². The summed E-state index contributed by atoms with van der Waals surface area (Å²) < 4.78 is 11.9. The molecule has 0 radical (unpaired) electrons. The lowest BCUT2D eigenvalue weighted by molar-refractivity contribution is -0.116. The van der Waals surface area contributed by atoms with Crippen molar-refractivity contribution in [3.05, 3.63) is 91.3 Å². The first-order chi connectivity index (χ1) is 15.6. The Hall–Kier alpha value is -4.33. The number of anilines is 1. The van der Waals surface area contributed by atoms with Gasteiger partial charge in [-0.05, 0) is 35.9 Å². The fourth-order valence-electron chi connectivity index (χ4n) is 3.25. The highest BCUT2D eigenvalue weighted by atomic mass is 16.5. The topological polar surface area (TPSA) is 111 Å². The summed E-state index contributed by atoms with van der Waals surface area (Å²) in [6, 6.07) is 7.24. The van der Waals surface area contributed by atoms with E-state index >= 15 is 0 Å². The van der Waals surface area contributed by atoms with Gasteiger partial charge in [-0.1, -0.05) is 43.0 Å². The molecule has 8 heteroatoms. The van der Waals surface area contributed by atoms with E-state index in [-0.39, 0.29) is 11.9 Å². The molecule has 0 spiro atoms. The zero-order chi connectivity index (χ0) is 22.3. The van der Waals surface area contributed by atoms with Gasteiger partial charge in [-0.2, -0.15) is 0 Å². The summed E-state index contributed by atoms with van der Waals surface area (Å²) in [5.41, 5.74) is 7.54. The highest BCUT2D eigenvalue weighted by molar-refractivity contribution is 5.87. The molecule has 1 unspecified atom stereocenters. The van der Waals surface area contributed by atoms with E-state index in [0.29, 0.717) is 41.1 Å². The van der Waals surface area contributed by atoms with Crippen LogP contribution in [0.4, 0.5) is 5.82 Å². The molecule has 8 nitrogen and oxygen atoms in total. The van der Waals surface area contributed by atoms with Gasteiger partial charge < -0.3 is 25.8 Å². The molecule has 1 amide bonds. The molecule has 32 heavy (non-hydrogen) atoms. The van der Waals surface area contributed by atoms with E-state index in [2.05, 4.69) is 27.2 Å². The standard InChI is InChI=1S/C24H23N5O3/c1-2-20(30)29-17-6-5-7-19(14-17)32-24-22(23(25)27-15-28-24)16-9-11-18(12-10-16)31-21-8-3-4-13-26-21/h2-12,15,17,26H,1,13-14H2,(H,29,30)(H2,25,27,28). The minimum Gasteiger partial charge on any atom is -0.442 e. The van der Waals surface area contributed by atoms with Crippen molar-refractivity contribution in [1.29, 1.82) is 0 Å². The number of hydrogen-bond donors (Lipinski definition) is 3. The number of nitrogens with one attached hydrogen (secondary N) is 2. The zero-order valence-electron chi connectivity index (χ0n) is 17.3. The fraction of sp³-hybridized carbons (Fsp3) is 0.125. The predicted octanol–water partition coefficient (Wildman–Crippen LogP) is 3.00. The Balaban J connectivity index is 1.52. The number of benzene rings is 1. The monoisotopic (exact) mass is 429 g/mol. The highest BCUT2D eigenvalue weighted by Crippen LogP contribution is 2.35. The van der Waals surface area contributed by atoms with Crippen molar-refractivity contribution in [1.82, 2.24) is 20.6 Å². The first-order valence-electron chi connectivity index (χ1n) is 10.1. The van der Waals surface area contributed by atoms with Crippen LogP contribution in [-0.2, 0) is 4.79 Å². The summed E-state index contributed by atoms with van der Waals surface area (Å²) in [6.45, 7) is 4.20. The molecule has 1 aromatic carbocycles. The van der Waals surface area contributed by atoms with E-state index in [1.54, 1.807) is 0 Å². The number of hydrogen-bond acceptors (Lipinski definition) is 7. The average Bonchev–Trinajstić information content (AvgIpc) is 2.81. The Morgan fingerprint density at radius 3 is 2.78 bits per heavy atom. The molecule has 1 atom stereocenters. The minimum absolute atomic E-state index is 0.197. The summed E-state index contributed by atoms with van der Waals surface area (Å²) in [5.74, 6) is 2.40. The van der Waals surface area contributed by atoms with E-state index in [0.717, 1.165) is 12.1 Å². The normalized spacial score (nSPS) is 16.9. The number of ether oxygens (including phenoxy) is 2. The van der Waals surface area contributed by atoms with Crippen molar-refractivity contribution in [3.8, 4) is 22.8 Å². The molecular formula is C24H23N5O3. The van der Waals surface area contributed by atoms with Gasteiger partial charge in [-0.3, -0.25) is 4.79 Å². The molecule has 0 bridgehead atoms. The minimum atomic E-state index is -0.245. The Morgan fingerprint density at radius 2 is 2.03 bits per heavy atom. The lowest BCUT2D eigenvalue weighted by atomic mass is 10.1. The Labute approximate surface area is 185 Å². The van der Waals surface area contributed by atoms with Gasteiger partial charge in [0.25, 0.3) is 0 Å². The molecule has 162 valence electrons. The summed E-state index contributed by atoms with van der Waals surface area (Å²) in [6.07, 6.45) is 14.4. The lowest BCUT2D eigenvalue weighted by Gasteiger charge is -2.20. The number of carbonyl (C=O) groups is 1. The maximum absolute atomic E-state index is 11.6. The number of carbonyl (C=O) groups excluding carboxylic acids is 1. The first kappa shape index (κ1) is 20.9. The smallest absolute Gasteiger partial charge is 0.243 e. The van der Waals surface area contributed by atoms with Crippen molar-refractivity contribution in [2.75, 3.05) is 12.3 Å². The molecule has 2 heterocycles. The van der Waals surface area contributed by atoms with Crippen molar-refractivity contribution in [2.45, 2.75) is 12.5 Å². The van der Waals surface area contributed by atoms with E-state index < -0.39 is 0 Å². The third-order valence-corrected chi connectivity index (χ3v) is 4.78. The summed E-state index contributed by atoms with van der Waals surface area (Å²) in [4.78, 5) is 20.0. The van der Waals surface area contributed by atoms with Crippen LogP contribution in [0.3, 0.4) is 0 Å². The second kappa shape index (κ2) is 9.65. The summed E-state index contributed by atoms with van der Waals surface area (Å²) in [7, 11) is 0. The van der Waals surface area contributed by atoms with E-state index in [9.17, 15) is 4.79 Å². The lowest BCUT2D eigenvalue weighted by Crippen LogP contribution is -2.33. The van der Waals surface area contributed by atoms with Gasteiger partial charge >= 0.3 is 0 Å². The van der Waals surface area contributed by atoms with Crippen LogP contribution in [0, 0.1) is 0 Å². The first-order valence-corrected chi connectivity index (χ1v) is 10.1. The number of nitrogen functional groups attached to an aromatic ring is 1. The van der Waals surface area contributed by atoms with Gasteiger partial charge in [0.05, 0.1) is 11.6 Å². The maximum atomic E-state index is 11.6. The van der Waals surface area contributed by atoms with Crippen LogP contribution in [0.15, 0.2) is 91.3 Å². The summed E-state index contributed by atoms with van der Waals surface area (Å²) >= 11 is 0. The fourth-order valence-corrected chi connectivity index (χ4v) is 3.25. The van der Waals surface area contributed by atoms with Crippen LogP contribution in [0.5, 0.6) is 11.6 Å². The Morgan fingerprint density at radius 1 is 1.19 bits per heavy atom. The molecule has 4 N–H and O–H groups in total. The van der Waals surface area contributed by atoms with Gasteiger partial charge in [0, 0.05) is 13.0 Å². The quantitative estimate of drug-likeness (QED) is 0.580. The van der Waals surface area contributed by atoms with Crippen molar-refractivity contribution in [2.24, 2.45) is 0 Å². The number of aromatic nitrogens is 2. The molecule has 0 saturated carbocycles. The number of dihydropyridines is 1. The molecule has 1 aromatic heterocycles. The van der Waals surface area contributed by atoms with Crippen LogP contribution < -0.4 is 25.8 Å². The molecule has 0 fully saturated rings. The van der Waals surface area contributed by atoms with Crippen LogP contribution in [0.2, 0.25) is 0 Å². The van der Waals surface area contributed by atoms with Crippen molar-refractivity contribution >= 4 is 11.7 Å². The molecule has 1 aliphatic heterocycles. The third kappa shape index (κ3) is 5.04. The second-order valence-electron chi connectivity index (χ2n) is 7.05. The Kier molecular flexibility index (Phi) is 6.31. The van der Waals surface area contributed by atoms with Crippen molar-refractivity contribution in [3.63, 3.8) is 0 Å². The van der Waals surface area contributed by atoms with Crippen LogP contribution in [0.1, 0.15) is 6.42 Å². The third-order valence-electron chi connectivity index (χ3n) is 4.78. The maximum Gasteiger partial charge on any atom is 0.243 e. The Bertz CT molecular complexity index is 1130. The number of allylic oxidation sites excluding steroid dienone is 4. The van der Waals surface area contributed by atoms with Crippen LogP contribution >= 0.6 is 0 Å². The summed E-state index contributed by atoms with van der Waals surface area (Å²) in [5, 5.41) is 5.98. The van der Waals surface area contributed by atoms with E-state index in [1.165, 1.54) is 12.4 Å².